The van der Waals surface area contributed by atoms with E-state index in [0.717, 1.165) is 0 Å². The zero-order valence-electron chi connectivity index (χ0n) is 12.4. The molecule has 2 aromatic rings. The van der Waals surface area contributed by atoms with Crippen molar-refractivity contribution in [1.82, 2.24) is 0 Å². The Bertz CT molecular complexity index is 722. The van der Waals surface area contributed by atoms with E-state index in [9.17, 15) is 13.2 Å². The van der Waals surface area contributed by atoms with Gasteiger partial charge in [0.2, 0.25) is 0 Å². The van der Waals surface area contributed by atoms with Crippen molar-refractivity contribution in [1.29, 1.82) is 0 Å². The Kier molecular flexibility index (Phi) is 5.46. The lowest BCUT2D eigenvalue weighted by Gasteiger charge is -2.20. The minimum atomic E-state index is -4.77. The van der Waals surface area contributed by atoms with Gasteiger partial charge >= 0.3 is 6.36 Å². The Hall–Kier alpha value is -2.12. The minimum Gasteiger partial charge on any atom is -0.486 e. The van der Waals surface area contributed by atoms with Crippen LogP contribution < -0.4 is 19.9 Å². The number of hydrogen-bond acceptors (Lipinski definition) is 4. The summed E-state index contributed by atoms with van der Waals surface area (Å²) >= 11 is 0. The predicted octanol–water partition coefficient (Wildman–Crippen LogP) is 3.90. The van der Waals surface area contributed by atoms with E-state index in [4.69, 9.17) is 15.2 Å². The molecule has 130 valence electrons. The van der Waals surface area contributed by atoms with Crippen molar-refractivity contribution in [2.75, 3.05) is 13.2 Å². The molecule has 24 heavy (non-hydrogen) atoms. The second kappa shape index (κ2) is 7.19. The Morgan fingerprint density at radius 1 is 1.00 bits per heavy atom. The van der Waals surface area contributed by atoms with Crippen LogP contribution in [0.3, 0.4) is 0 Å². The highest BCUT2D eigenvalue weighted by Crippen LogP contribution is 2.39. The Balaban J connectivity index is 0.00000208. The van der Waals surface area contributed by atoms with Gasteiger partial charge in [0.15, 0.2) is 11.5 Å². The van der Waals surface area contributed by atoms with Crippen LogP contribution in [0.5, 0.6) is 17.2 Å². The van der Waals surface area contributed by atoms with Gasteiger partial charge in [0.05, 0.1) is 0 Å². The quantitative estimate of drug-likeness (QED) is 0.900. The summed E-state index contributed by atoms with van der Waals surface area (Å²) in [5.74, 6) is 0.768. The molecular weight excluding hydrogens is 347 g/mol. The predicted molar refractivity (Wildman–Crippen MR) is 84.7 cm³/mol. The molecule has 1 aliphatic rings. The maximum atomic E-state index is 12.6. The van der Waals surface area contributed by atoms with Crippen LogP contribution in [0.2, 0.25) is 0 Å². The van der Waals surface area contributed by atoms with E-state index < -0.39 is 6.36 Å². The fourth-order valence-corrected chi connectivity index (χ4v) is 2.35. The number of halogens is 4. The number of alkyl halides is 3. The highest BCUT2D eigenvalue weighted by Gasteiger charge is 2.32. The molecule has 1 heterocycles. The van der Waals surface area contributed by atoms with Gasteiger partial charge in [0, 0.05) is 12.1 Å². The van der Waals surface area contributed by atoms with E-state index in [1.165, 1.54) is 12.1 Å². The lowest BCUT2D eigenvalue weighted by Crippen LogP contribution is -2.18. The van der Waals surface area contributed by atoms with Crippen molar-refractivity contribution < 1.29 is 27.4 Å². The average molecular weight is 362 g/mol. The first-order chi connectivity index (χ1) is 11.0. The van der Waals surface area contributed by atoms with Gasteiger partial charge in [-0.2, -0.15) is 0 Å². The van der Waals surface area contributed by atoms with E-state index in [1.807, 2.05) is 0 Å². The molecule has 0 aliphatic carbocycles. The second-order valence-corrected chi connectivity index (χ2v) is 4.94. The van der Waals surface area contributed by atoms with Crippen LogP contribution in [-0.2, 0) is 6.54 Å². The smallest absolute Gasteiger partial charge is 0.486 e. The average Bonchev–Trinajstić information content (AvgIpc) is 2.53. The maximum Gasteiger partial charge on any atom is 0.573 e. The molecule has 0 bridgehead atoms. The van der Waals surface area contributed by atoms with Crippen LogP contribution in [0.25, 0.3) is 11.1 Å². The third-order valence-electron chi connectivity index (χ3n) is 3.36. The van der Waals surface area contributed by atoms with Crippen LogP contribution in [0.15, 0.2) is 36.4 Å². The molecule has 0 atom stereocenters. The van der Waals surface area contributed by atoms with Crippen LogP contribution in [0, 0.1) is 0 Å². The molecule has 0 fully saturated rings. The third kappa shape index (κ3) is 4.04. The van der Waals surface area contributed by atoms with Crippen molar-refractivity contribution in [3.63, 3.8) is 0 Å². The molecule has 3 rings (SSSR count). The summed E-state index contributed by atoms with van der Waals surface area (Å²) in [6.07, 6.45) is -4.77. The molecule has 0 saturated carbocycles. The topological polar surface area (TPSA) is 53.7 Å². The third-order valence-corrected chi connectivity index (χ3v) is 3.36. The number of fused-ring (bicyclic) bond motifs is 1. The molecule has 2 aromatic carbocycles. The highest BCUT2D eigenvalue weighted by molar-refractivity contribution is 5.85. The van der Waals surface area contributed by atoms with Gasteiger partial charge < -0.3 is 19.9 Å². The summed E-state index contributed by atoms with van der Waals surface area (Å²) in [6.45, 7) is 1.05. The summed E-state index contributed by atoms with van der Waals surface area (Å²) in [4.78, 5) is 0. The number of benzene rings is 2. The van der Waals surface area contributed by atoms with Gasteiger partial charge in [-0.25, -0.2) is 0 Å². The Morgan fingerprint density at radius 3 is 2.38 bits per heavy atom. The zero-order valence-corrected chi connectivity index (χ0v) is 13.2. The van der Waals surface area contributed by atoms with E-state index in [2.05, 4.69) is 4.74 Å². The summed E-state index contributed by atoms with van der Waals surface area (Å²) in [5.41, 5.74) is 7.10. The standard InChI is InChI=1S/C16H14F3NO3.ClH/c17-16(18,19)23-13-3-1-10(9-20)7-12(13)11-2-4-14-15(8-11)22-6-5-21-14;/h1-4,7-8H,5-6,9,20H2;1H. The summed E-state index contributed by atoms with van der Waals surface area (Å²) in [5, 5.41) is 0. The second-order valence-electron chi connectivity index (χ2n) is 4.94. The number of nitrogens with two attached hydrogens (primary N) is 1. The maximum absolute atomic E-state index is 12.6. The fraction of sp³-hybridized carbons (Fsp3) is 0.250. The molecule has 8 heteroatoms. The van der Waals surface area contributed by atoms with Crippen molar-refractivity contribution in [2.45, 2.75) is 12.9 Å². The number of hydrogen-bond donors (Lipinski definition) is 1. The monoisotopic (exact) mass is 361 g/mol. The Labute approximate surface area is 142 Å². The molecule has 1 aliphatic heterocycles. The molecule has 0 unspecified atom stereocenters. The van der Waals surface area contributed by atoms with Gasteiger partial charge in [0.1, 0.15) is 19.0 Å². The van der Waals surface area contributed by atoms with Crippen molar-refractivity contribution >= 4 is 12.4 Å². The fourth-order valence-electron chi connectivity index (χ4n) is 2.35. The molecule has 0 saturated heterocycles. The van der Waals surface area contributed by atoms with Crippen LogP contribution >= 0.6 is 12.4 Å². The zero-order chi connectivity index (χ0) is 16.4. The molecule has 0 aromatic heterocycles. The number of rotatable bonds is 3. The first-order valence-corrected chi connectivity index (χ1v) is 6.95. The summed E-state index contributed by atoms with van der Waals surface area (Å²) in [6, 6.07) is 9.30. The van der Waals surface area contributed by atoms with E-state index in [1.54, 1.807) is 24.3 Å². The molecule has 0 amide bonds. The van der Waals surface area contributed by atoms with Gasteiger partial charge in [-0.05, 0) is 35.4 Å². The Morgan fingerprint density at radius 2 is 1.71 bits per heavy atom. The highest BCUT2D eigenvalue weighted by atomic mass is 35.5. The van der Waals surface area contributed by atoms with Gasteiger partial charge in [-0.3, -0.25) is 0 Å². The summed E-state index contributed by atoms with van der Waals surface area (Å²) in [7, 11) is 0. The van der Waals surface area contributed by atoms with Gasteiger partial charge in [0.25, 0.3) is 0 Å². The molecule has 4 nitrogen and oxygen atoms in total. The molecule has 0 spiro atoms. The van der Waals surface area contributed by atoms with Crippen molar-refractivity contribution in [3.05, 3.63) is 42.0 Å². The van der Waals surface area contributed by atoms with E-state index in [-0.39, 0.29) is 24.7 Å². The van der Waals surface area contributed by atoms with Crippen molar-refractivity contribution in [3.8, 4) is 28.4 Å². The van der Waals surface area contributed by atoms with E-state index >= 15 is 0 Å². The largest absolute Gasteiger partial charge is 0.573 e. The molecular formula is C16H15ClF3NO3. The van der Waals surface area contributed by atoms with Crippen LogP contribution in [0.4, 0.5) is 13.2 Å². The first-order valence-electron chi connectivity index (χ1n) is 6.95. The van der Waals surface area contributed by atoms with Crippen LogP contribution in [0.1, 0.15) is 5.56 Å². The lowest BCUT2D eigenvalue weighted by atomic mass is 10.0. The number of ether oxygens (including phenoxy) is 3. The summed E-state index contributed by atoms with van der Waals surface area (Å²) < 4.78 is 52.8. The van der Waals surface area contributed by atoms with Crippen LogP contribution in [-0.4, -0.2) is 19.6 Å². The lowest BCUT2D eigenvalue weighted by molar-refractivity contribution is -0.274. The normalized spacial score (nSPS) is 13.2. The molecule has 0 radical (unpaired) electrons. The molecule has 2 N–H and O–H groups in total. The van der Waals surface area contributed by atoms with Crippen molar-refractivity contribution in [2.24, 2.45) is 5.73 Å². The SMILES string of the molecule is Cl.NCc1ccc(OC(F)(F)F)c(-c2ccc3c(c2)OCCO3)c1. The van der Waals surface area contributed by atoms with E-state index in [0.29, 0.717) is 41.4 Å². The first kappa shape index (κ1) is 18.2. The minimum absolute atomic E-state index is 0. The van der Waals surface area contributed by atoms with Gasteiger partial charge in [-0.1, -0.05) is 12.1 Å². The van der Waals surface area contributed by atoms with Gasteiger partial charge in [-0.15, -0.1) is 25.6 Å².